The molecule has 1 aromatic heterocycles. The lowest BCUT2D eigenvalue weighted by Gasteiger charge is -2.10. The van der Waals surface area contributed by atoms with E-state index in [1.165, 1.54) is 48.5 Å². The monoisotopic (exact) mass is 311 g/mol. The number of aryl methyl sites for hydroxylation is 1. The van der Waals surface area contributed by atoms with Gasteiger partial charge in [-0.3, -0.25) is 0 Å². The Bertz CT molecular complexity index is 375. The van der Waals surface area contributed by atoms with Crippen molar-refractivity contribution in [3.63, 3.8) is 0 Å². The molecule has 2 rings (SSSR count). The molecule has 0 aliphatic heterocycles. The minimum absolute atomic E-state index is 0.782. The van der Waals surface area contributed by atoms with Gasteiger partial charge in [0.2, 0.25) is 0 Å². The molecule has 0 atom stereocenters. The van der Waals surface area contributed by atoms with Crippen LogP contribution < -0.4 is 5.32 Å². The van der Waals surface area contributed by atoms with E-state index in [-0.39, 0.29) is 0 Å². The largest absolute Gasteiger partial charge is 0.383 e. The summed E-state index contributed by atoms with van der Waals surface area (Å²) in [5.41, 5.74) is 0. The van der Waals surface area contributed by atoms with Crippen LogP contribution in [0.25, 0.3) is 0 Å². The van der Waals surface area contributed by atoms with Gasteiger partial charge in [0.05, 0.1) is 6.61 Å². The van der Waals surface area contributed by atoms with Gasteiger partial charge in [-0.15, -0.1) is 21.5 Å². The molecule has 120 valence electrons. The second kappa shape index (κ2) is 10.2. The summed E-state index contributed by atoms with van der Waals surface area (Å²) >= 11 is 1.83. The molecule has 21 heavy (non-hydrogen) atoms. The van der Waals surface area contributed by atoms with Gasteiger partial charge in [0.1, 0.15) is 10.0 Å². The number of nitrogens with zero attached hydrogens (tertiary/aromatic N) is 2. The van der Waals surface area contributed by atoms with Crippen LogP contribution in [0.4, 0.5) is 0 Å². The van der Waals surface area contributed by atoms with Crippen LogP contribution in [-0.4, -0.2) is 37.0 Å². The molecule has 0 saturated heterocycles. The molecule has 5 heteroatoms. The molecule has 1 saturated carbocycles. The van der Waals surface area contributed by atoms with E-state index in [1.54, 1.807) is 7.11 Å². The first-order valence-corrected chi connectivity index (χ1v) is 9.21. The fourth-order valence-electron chi connectivity index (χ4n) is 2.95. The summed E-state index contributed by atoms with van der Waals surface area (Å²) in [6, 6.07) is 0. The summed E-state index contributed by atoms with van der Waals surface area (Å²) in [5.74, 6) is 0.851. The Morgan fingerprint density at radius 1 is 1.10 bits per heavy atom. The number of rotatable bonds is 9. The fraction of sp³-hybridized carbons (Fsp3) is 0.875. The Labute approximate surface area is 132 Å². The maximum absolute atomic E-state index is 5.01. The summed E-state index contributed by atoms with van der Waals surface area (Å²) in [7, 11) is 1.73. The van der Waals surface area contributed by atoms with Crippen LogP contribution in [-0.2, 0) is 17.6 Å². The number of hydrogen-bond donors (Lipinski definition) is 1. The molecule has 0 amide bonds. The lowest BCUT2D eigenvalue weighted by molar-refractivity contribution is 0.199. The topological polar surface area (TPSA) is 47.0 Å². The van der Waals surface area contributed by atoms with Crippen LogP contribution in [0.2, 0.25) is 0 Å². The van der Waals surface area contributed by atoms with Crippen LogP contribution >= 0.6 is 11.3 Å². The van der Waals surface area contributed by atoms with Gasteiger partial charge in [-0.25, -0.2) is 0 Å². The lowest BCUT2D eigenvalue weighted by Crippen LogP contribution is -2.20. The van der Waals surface area contributed by atoms with Crippen LogP contribution in [0.3, 0.4) is 0 Å². The van der Waals surface area contributed by atoms with Gasteiger partial charge in [0.25, 0.3) is 0 Å². The van der Waals surface area contributed by atoms with Crippen molar-refractivity contribution in [2.45, 2.75) is 57.8 Å². The summed E-state index contributed by atoms with van der Waals surface area (Å²) in [6.45, 7) is 2.74. The maximum atomic E-state index is 5.01. The van der Waals surface area contributed by atoms with E-state index in [0.29, 0.717) is 0 Å². The van der Waals surface area contributed by atoms with Crippen molar-refractivity contribution in [3.05, 3.63) is 10.0 Å². The average molecular weight is 311 g/mol. The molecule has 0 bridgehead atoms. The Hall–Kier alpha value is -0.520. The molecule has 1 fully saturated rings. The Morgan fingerprint density at radius 2 is 1.86 bits per heavy atom. The molecule has 4 nitrogen and oxygen atoms in total. The van der Waals surface area contributed by atoms with Gasteiger partial charge < -0.3 is 10.1 Å². The molecule has 1 aliphatic carbocycles. The van der Waals surface area contributed by atoms with E-state index in [9.17, 15) is 0 Å². The molecule has 0 aromatic carbocycles. The molecule has 0 spiro atoms. The first kappa shape index (κ1) is 16.8. The van der Waals surface area contributed by atoms with E-state index in [1.807, 2.05) is 11.3 Å². The van der Waals surface area contributed by atoms with Crippen molar-refractivity contribution >= 4 is 11.3 Å². The predicted octanol–water partition coefficient (Wildman–Crippen LogP) is 3.22. The van der Waals surface area contributed by atoms with Crippen LogP contribution in [0.15, 0.2) is 0 Å². The highest BCUT2D eigenvalue weighted by molar-refractivity contribution is 7.11. The van der Waals surface area contributed by atoms with E-state index in [4.69, 9.17) is 4.74 Å². The number of aromatic nitrogens is 2. The van der Waals surface area contributed by atoms with Crippen molar-refractivity contribution in [2.75, 3.05) is 26.8 Å². The van der Waals surface area contributed by atoms with Gasteiger partial charge in [-0.1, -0.05) is 38.5 Å². The maximum Gasteiger partial charge on any atom is 0.117 e. The van der Waals surface area contributed by atoms with Crippen LogP contribution in [0, 0.1) is 5.92 Å². The SMILES string of the molecule is COCCNCCCc1nnc(CC2CCCCCC2)s1. The Balaban J connectivity index is 1.63. The second-order valence-electron chi connectivity index (χ2n) is 6.00. The smallest absolute Gasteiger partial charge is 0.117 e. The van der Waals surface area contributed by atoms with Crippen LogP contribution in [0.5, 0.6) is 0 Å². The van der Waals surface area contributed by atoms with E-state index < -0.39 is 0 Å². The van der Waals surface area contributed by atoms with E-state index in [2.05, 4.69) is 15.5 Å². The molecular formula is C16H29N3OS. The molecule has 1 aromatic rings. The fourth-order valence-corrected chi connectivity index (χ4v) is 3.95. The third-order valence-electron chi connectivity index (χ3n) is 4.17. The standard InChI is InChI=1S/C16H29N3OS/c1-20-12-11-17-10-6-9-15-18-19-16(21-15)13-14-7-4-2-3-5-8-14/h14,17H,2-13H2,1H3. The first-order valence-electron chi connectivity index (χ1n) is 8.39. The number of methoxy groups -OCH3 is 1. The highest BCUT2D eigenvalue weighted by Crippen LogP contribution is 2.27. The summed E-state index contributed by atoms with van der Waals surface area (Å²) in [6.07, 6.45) is 11.8. The number of ether oxygens (including phenoxy) is 1. The quantitative estimate of drug-likeness (QED) is 0.562. The Kier molecular flexibility index (Phi) is 8.22. The van der Waals surface area contributed by atoms with Crippen molar-refractivity contribution in [1.29, 1.82) is 0 Å². The highest BCUT2D eigenvalue weighted by Gasteiger charge is 2.15. The first-order chi connectivity index (χ1) is 10.4. The molecule has 1 N–H and O–H groups in total. The Morgan fingerprint density at radius 3 is 2.62 bits per heavy atom. The third-order valence-corrected chi connectivity index (χ3v) is 5.18. The van der Waals surface area contributed by atoms with Crippen molar-refractivity contribution in [2.24, 2.45) is 5.92 Å². The van der Waals surface area contributed by atoms with Gasteiger partial charge in [0.15, 0.2) is 0 Å². The van der Waals surface area contributed by atoms with Crippen molar-refractivity contribution in [3.8, 4) is 0 Å². The predicted molar refractivity (Wildman–Crippen MR) is 87.9 cm³/mol. The van der Waals surface area contributed by atoms with Crippen LogP contribution in [0.1, 0.15) is 55.0 Å². The third kappa shape index (κ3) is 6.85. The summed E-state index contributed by atoms with van der Waals surface area (Å²) in [4.78, 5) is 0. The second-order valence-corrected chi connectivity index (χ2v) is 7.14. The molecular weight excluding hydrogens is 282 g/mol. The number of hydrogen-bond acceptors (Lipinski definition) is 5. The van der Waals surface area contributed by atoms with Crippen molar-refractivity contribution < 1.29 is 4.74 Å². The zero-order chi connectivity index (χ0) is 14.8. The normalized spacial score (nSPS) is 17.0. The van der Waals surface area contributed by atoms with Gasteiger partial charge in [-0.05, 0) is 18.9 Å². The lowest BCUT2D eigenvalue weighted by atomic mass is 9.97. The number of nitrogens with one attached hydrogen (secondary N) is 1. The minimum Gasteiger partial charge on any atom is -0.383 e. The minimum atomic E-state index is 0.782. The van der Waals surface area contributed by atoms with E-state index >= 15 is 0 Å². The molecule has 1 aliphatic rings. The van der Waals surface area contributed by atoms with Gasteiger partial charge in [0, 0.05) is 26.5 Å². The summed E-state index contributed by atoms with van der Waals surface area (Å²) < 4.78 is 5.01. The zero-order valence-electron chi connectivity index (χ0n) is 13.3. The van der Waals surface area contributed by atoms with Gasteiger partial charge >= 0.3 is 0 Å². The van der Waals surface area contributed by atoms with Crippen molar-refractivity contribution in [1.82, 2.24) is 15.5 Å². The molecule has 1 heterocycles. The summed E-state index contributed by atoms with van der Waals surface area (Å²) in [5, 5.41) is 14.6. The van der Waals surface area contributed by atoms with Gasteiger partial charge in [-0.2, -0.15) is 0 Å². The molecule has 0 unspecified atom stereocenters. The molecule has 0 radical (unpaired) electrons. The average Bonchev–Trinajstić information content (AvgIpc) is 2.77. The van der Waals surface area contributed by atoms with E-state index in [0.717, 1.165) is 44.9 Å². The highest BCUT2D eigenvalue weighted by atomic mass is 32.1. The zero-order valence-corrected chi connectivity index (χ0v) is 14.1.